The van der Waals surface area contributed by atoms with Crippen LogP contribution in [0.2, 0.25) is 0 Å². The Morgan fingerprint density at radius 3 is 2.30 bits per heavy atom. The van der Waals surface area contributed by atoms with Crippen LogP contribution >= 0.6 is 15.9 Å². The molecule has 0 N–H and O–H groups in total. The average Bonchev–Trinajstić information content (AvgIpc) is 1.91. The van der Waals surface area contributed by atoms with Gasteiger partial charge in [0.05, 0.1) is 0 Å². The SMILES string of the molecule is BrCCc1ccccc1.[H-].[H-].[Mg+2]. The number of halogens is 1. The Kier molecular flexibility index (Phi) is 6.48. The average molecular weight is 211 g/mol. The molecule has 1 aromatic rings. The Hall–Kier alpha value is 0.466. The summed E-state index contributed by atoms with van der Waals surface area (Å²) in [7, 11) is 0. The van der Waals surface area contributed by atoms with Gasteiger partial charge in [0.1, 0.15) is 0 Å². The van der Waals surface area contributed by atoms with Gasteiger partial charge >= 0.3 is 23.1 Å². The van der Waals surface area contributed by atoms with Crippen molar-refractivity contribution in [3.8, 4) is 0 Å². The predicted molar refractivity (Wildman–Crippen MR) is 51.9 cm³/mol. The van der Waals surface area contributed by atoms with Crippen LogP contribution in [0.15, 0.2) is 30.3 Å². The maximum absolute atomic E-state index is 3.39. The second kappa shape index (κ2) is 6.19. The van der Waals surface area contributed by atoms with Crippen LogP contribution in [0.3, 0.4) is 0 Å². The molecule has 0 amide bonds. The minimum Gasteiger partial charge on any atom is -1.00 e. The van der Waals surface area contributed by atoms with E-state index in [1.165, 1.54) is 5.56 Å². The summed E-state index contributed by atoms with van der Waals surface area (Å²) in [5.41, 5.74) is 1.40. The van der Waals surface area contributed by atoms with Crippen molar-refractivity contribution in [1.29, 1.82) is 0 Å². The Balaban J connectivity index is -0.000000270. The summed E-state index contributed by atoms with van der Waals surface area (Å²) in [5.74, 6) is 0. The second-order valence-corrected chi connectivity index (χ2v) is 2.72. The standard InChI is InChI=1S/C8H9Br.Mg.2H/c9-7-6-8-4-2-1-3-5-8;;;/h1-5H,6-7H2;;;/q;+2;2*-1. The first-order valence-electron chi connectivity index (χ1n) is 3.03. The molecule has 0 bridgehead atoms. The van der Waals surface area contributed by atoms with E-state index in [2.05, 4.69) is 40.2 Å². The molecule has 0 unspecified atom stereocenters. The van der Waals surface area contributed by atoms with Crippen LogP contribution < -0.4 is 0 Å². The number of hydrogen-bond donors (Lipinski definition) is 0. The summed E-state index contributed by atoms with van der Waals surface area (Å²) >= 11 is 3.39. The molecule has 0 aliphatic heterocycles. The number of aryl methyl sites for hydroxylation is 1. The van der Waals surface area contributed by atoms with E-state index in [1.807, 2.05) is 6.07 Å². The van der Waals surface area contributed by atoms with Gasteiger partial charge in [-0.1, -0.05) is 46.3 Å². The third-order valence-electron chi connectivity index (χ3n) is 1.23. The molecule has 0 aliphatic rings. The van der Waals surface area contributed by atoms with Gasteiger partial charge in [-0.05, 0) is 12.0 Å². The Morgan fingerprint density at radius 2 is 1.80 bits per heavy atom. The Labute approximate surface area is 89.3 Å². The summed E-state index contributed by atoms with van der Waals surface area (Å²) in [4.78, 5) is 0. The fourth-order valence-corrected chi connectivity index (χ4v) is 1.21. The molecule has 0 aromatic heterocycles. The van der Waals surface area contributed by atoms with E-state index in [0.717, 1.165) is 11.8 Å². The van der Waals surface area contributed by atoms with E-state index in [9.17, 15) is 0 Å². The van der Waals surface area contributed by atoms with Crippen molar-refractivity contribution in [1.82, 2.24) is 0 Å². The third kappa shape index (κ3) is 3.59. The van der Waals surface area contributed by atoms with Gasteiger partial charge in [-0.3, -0.25) is 0 Å². The van der Waals surface area contributed by atoms with Crippen molar-refractivity contribution >= 4 is 39.0 Å². The molecule has 0 saturated heterocycles. The van der Waals surface area contributed by atoms with Gasteiger partial charge in [0.15, 0.2) is 0 Å². The van der Waals surface area contributed by atoms with E-state index < -0.39 is 0 Å². The molecule has 10 heavy (non-hydrogen) atoms. The molecule has 0 spiro atoms. The van der Waals surface area contributed by atoms with Crippen LogP contribution in [-0.2, 0) is 6.42 Å². The zero-order chi connectivity index (χ0) is 6.53. The zero-order valence-corrected chi connectivity index (χ0v) is 8.89. The smallest absolute Gasteiger partial charge is 1.00 e. The number of rotatable bonds is 2. The molecule has 0 fully saturated rings. The van der Waals surface area contributed by atoms with Crippen molar-refractivity contribution in [3.63, 3.8) is 0 Å². The van der Waals surface area contributed by atoms with Crippen molar-refractivity contribution in [3.05, 3.63) is 35.9 Å². The number of alkyl halides is 1. The van der Waals surface area contributed by atoms with Crippen LogP contribution in [-0.4, -0.2) is 28.4 Å². The topological polar surface area (TPSA) is 0 Å². The molecule has 2 heteroatoms. The van der Waals surface area contributed by atoms with Crippen LogP contribution in [0.4, 0.5) is 0 Å². The summed E-state index contributed by atoms with van der Waals surface area (Å²) in [5, 5.41) is 1.05. The molecule has 52 valence electrons. The molecule has 0 saturated carbocycles. The second-order valence-electron chi connectivity index (χ2n) is 1.92. The van der Waals surface area contributed by atoms with E-state index in [-0.39, 0.29) is 25.9 Å². The van der Waals surface area contributed by atoms with E-state index >= 15 is 0 Å². The number of hydrogen-bond acceptors (Lipinski definition) is 0. The monoisotopic (exact) mass is 210 g/mol. The van der Waals surface area contributed by atoms with Crippen LogP contribution in [0, 0.1) is 0 Å². The summed E-state index contributed by atoms with van der Waals surface area (Å²) in [6, 6.07) is 10.5. The van der Waals surface area contributed by atoms with Gasteiger partial charge in [0.25, 0.3) is 0 Å². The van der Waals surface area contributed by atoms with Crippen molar-refractivity contribution in [2.75, 3.05) is 5.33 Å². The van der Waals surface area contributed by atoms with Crippen LogP contribution in [0.25, 0.3) is 0 Å². The predicted octanol–water partition coefficient (Wildman–Crippen LogP) is 2.47. The first-order chi connectivity index (χ1) is 4.43. The quantitative estimate of drug-likeness (QED) is 0.521. The van der Waals surface area contributed by atoms with Gasteiger partial charge in [-0.15, -0.1) is 0 Å². The third-order valence-corrected chi connectivity index (χ3v) is 1.62. The van der Waals surface area contributed by atoms with Crippen LogP contribution in [0.1, 0.15) is 8.42 Å². The maximum atomic E-state index is 3.39. The van der Waals surface area contributed by atoms with Gasteiger partial charge < -0.3 is 2.85 Å². The molecule has 1 rings (SSSR count). The Morgan fingerprint density at radius 1 is 1.20 bits per heavy atom. The normalized spacial score (nSPS) is 8.50. The van der Waals surface area contributed by atoms with E-state index in [0.29, 0.717) is 0 Å². The summed E-state index contributed by atoms with van der Waals surface area (Å²) in [6.07, 6.45) is 1.13. The van der Waals surface area contributed by atoms with Crippen LogP contribution in [0.5, 0.6) is 0 Å². The molecular formula is C8H11BrMg. The largest absolute Gasteiger partial charge is 2.00 e. The van der Waals surface area contributed by atoms with Crippen molar-refractivity contribution in [2.24, 2.45) is 0 Å². The zero-order valence-electron chi connectivity index (χ0n) is 7.89. The van der Waals surface area contributed by atoms with Gasteiger partial charge in [0.2, 0.25) is 0 Å². The van der Waals surface area contributed by atoms with Gasteiger partial charge in [0, 0.05) is 5.33 Å². The van der Waals surface area contributed by atoms with Gasteiger partial charge in [-0.25, -0.2) is 0 Å². The first-order valence-corrected chi connectivity index (χ1v) is 4.15. The minimum absolute atomic E-state index is 0. The summed E-state index contributed by atoms with van der Waals surface area (Å²) < 4.78 is 0. The molecule has 0 aliphatic carbocycles. The van der Waals surface area contributed by atoms with E-state index in [1.54, 1.807) is 0 Å². The molecule has 0 heterocycles. The fraction of sp³-hybridized carbons (Fsp3) is 0.250. The Bertz CT molecular complexity index is 170. The molecular weight excluding hydrogens is 200 g/mol. The molecule has 0 nitrogen and oxygen atoms in total. The van der Waals surface area contributed by atoms with E-state index in [4.69, 9.17) is 0 Å². The fourth-order valence-electron chi connectivity index (χ4n) is 0.754. The van der Waals surface area contributed by atoms with Crippen molar-refractivity contribution < 1.29 is 2.85 Å². The molecule has 1 aromatic carbocycles. The minimum atomic E-state index is 0. The van der Waals surface area contributed by atoms with Crippen molar-refractivity contribution in [2.45, 2.75) is 6.42 Å². The maximum Gasteiger partial charge on any atom is 2.00 e. The molecule has 0 atom stereocenters. The number of benzene rings is 1. The first kappa shape index (κ1) is 10.5. The summed E-state index contributed by atoms with van der Waals surface area (Å²) in [6.45, 7) is 0. The van der Waals surface area contributed by atoms with Gasteiger partial charge in [-0.2, -0.15) is 0 Å². The molecule has 0 radical (unpaired) electrons.